The predicted molar refractivity (Wildman–Crippen MR) is 98.8 cm³/mol. The summed E-state index contributed by atoms with van der Waals surface area (Å²) >= 11 is 0. The second-order valence-electron chi connectivity index (χ2n) is 6.67. The van der Waals surface area contributed by atoms with E-state index in [0.29, 0.717) is 31.9 Å². The number of amides is 1. The van der Waals surface area contributed by atoms with Gasteiger partial charge in [0.05, 0.1) is 37.7 Å². The molecule has 0 fully saturated rings. The maximum atomic E-state index is 13.0. The van der Waals surface area contributed by atoms with Gasteiger partial charge in [0.25, 0.3) is 5.91 Å². The van der Waals surface area contributed by atoms with E-state index in [1.807, 2.05) is 37.4 Å². The first-order valence-electron chi connectivity index (χ1n) is 8.91. The van der Waals surface area contributed by atoms with E-state index in [-0.39, 0.29) is 12.0 Å². The van der Waals surface area contributed by atoms with Gasteiger partial charge in [0.15, 0.2) is 0 Å². The fraction of sp³-hybridized carbons (Fsp3) is 0.300. The summed E-state index contributed by atoms with van der Waals surface area (Å²) in [5, 5.41) is 0. The number of carbonyl (C=O) groups excluding carboxylic acids is 1. The molecule has 1 aliphatic rings. The second kappa shape index (κ2) is 7.67. The number of hydrogen-bond acceptors (Lipinski definition) is 5. The topological polar surface area (TPSA) is 73.1 Å². The molecule has 7 nitrogen and oxygen atoms in total. The molecule has 0 saturated carbocycles. The molecule has 0 N–H and O–H groups in total. The standard InChI is InChI=1S/C20H21N5O2/c1-15-8-23-19(10-22-15)20(26)25-11-17-5-3-7-24(17)12-18(13-25)27-14-16-4-2-6-21-9-16/h2-10,18H,11-14H2,1H3. The van der Waals surface area contributed by atoms with Gasteiger partial charge in [0.2, 0.25) is 0 Å². The van der Waals surface area contributed by atoms with Crippen LogP contribution in [-0.2, 0) is 24.4 Å². The number of aryl methyl sites for hydroxylation is 1. The van der Waals surface area contributed by atoms with Gasteiger partial charge in [0, 0.05) is 37.0 Å². The fourth-order valence-electron chi connectivity index (χ4n) is 3.18. The summed E-state index contributed by atoms with van der Waals surface area (Å²) in [7, 11) is 0. The van der Waals surface area contributed by atoms with E-state index >= 15 is 0 Å². The van der Waals surface area contributed by atoms with Crippen molar-refractivity contribution in [2.75, 3.05) is 6.54 Å². The maximum Gasteiger partial charge on any atom is 0.274 e. The highest BCUT2D eigenvalue weighted by Crippen LogP contribution is 2.18. The van der Waals surface area contributed by atoms with Crippen LogP contribution in [0.1, 0.15) is 27.4 Å². The SMILES string of the molecule is Cc1cnc(C(=O)N2Cc3cccn3CC(OCc3cccnc3)C2)cn1. The highest BCUT2D eigenvalue weighted by molar-refractivity contribution is 5.92. The molecule has 1 unspecified atom stereocenters. The van der Waals surface area contributed by atoms with Gasteiger partial charge in [-0.1, -0.05) is 6.07 Å². The van der Waals surface area contributed by atoms with Crippen LogP contribution < -0.4 is 0 Å². The summed E-state index contributed by atoms with van der Waals surface area (Å²) in [5.74, 6) is -0.132. The first kappa shape index (κ1) is 17.4. The zero-order chi connectivity index (χ0) is 18.6. The van der Waals surface area contributed by atoms with Crippen LogP contribution in [0.5, 0.6) is 0 Å². The van der Waals surface area contributed by atoms with Crippen molar-refractivity contribution in [3.8, 4) is 0 Å². The number of hydrogen-bond donors (Lipinski definition) is 0. The lowest BCUT2D eigenvalue weighted by atomic mass is 10.2. The molecule has 4 rings (SSSR count). The average molecular weight is 363 g/mol. The third-order valence-electron chi connectivity index (χ3n) is 4.60. The van der Waals surface area contributed by atoms with E-state index in [2.05, 4.69) is 19.5 Å². The molecule has 3 aromatic heterocycles. The highest BCUT2D eigenvalue weighted by Gasteiger charge is 2.27. The number of fused-ring (bicyclic) bond motifs is 1. The fourth-order valence-corrected chi connectivity index (χ4v) is 3.18. The first-order valence-corrected chi connectivity index (χ1v) is 8.91. The molecular weight excluding hydrogens is 342 g/mol. The molecule has 1 atom stereocenters. The normalized spacial score (nSPS) is 16.6. The number of carbonyl (C=O) groups is 1. The number of ether oxygens (including phenoxy) is 1. The van der Waals surface area contributed by atoms with Gasteiger partial charge in [0.1, 0.15) is 5.69 Å². The summed E-state index contributed by atoms with van der Waals surface area (Å²) in [6.07, 6.45) is 8.58. The summed E-state index contributed by atoms with van der Waals surface area (Å²) in [5.41, 5.74) is 3.23. The molecule has 1 aliphatic heterocycles. The second-order valence-corrected chi connectivity index (χ2v) is 6.67. The predicted octanol–water partition coefficient (Wildman–Crippen LogP) is 2.22. The largest absolute Gasteiger partial charge is 0.370 e. The van der Waals surface area contributed by atoms with Crippen molar-refractivity contribution >= 4 is 5.91 Å². The van der Waals surface area contributed by atoms with Gasteiger partial charge in [-0.05, 0) is 30.7 Å². The van der Waals surface area contributed by atoms with Gasteiger partial charge in [-0.15, -0.1) is 0 Å². The molecule has 0 spiro atoms. The minimum absolute atomic E-state index is 0.124. The van der Waals surface area contributed by atoms with Gasteiger partial charge < -0.3 is 14.2 Å². The third kappa shape index (κ3) is 4.03. The lowest BCUT2D eigenvalue weighted by molar-refractivity contribution is 0.0103. The van der Waals surface area contributed by atoms with Crippen molar-refractivity contribution in [1.29, 1.82) is 0 Å². The Kier molecular flexibility index (Phi) is 4.93. The smallest absolute Gasteiger partial charge is 0.274 e. The van der Waals surface area contributed by atoms with E-state index < -0.39 is 0 Å². The molecule has 0 radical (unpaired) electrons. The Morgan fingerprint density at radius 3 is 2.89 bits per heavy atom. The van der Waals surface area contributed by atoms with Crippen molar-refractivity contribution < 1.29 is 9.53 Å². The van der Waals surface area contributed by atoms with Crippen LogP contribution in [0.4, 0.5) is 0 Å². The van der Waals surface area contributed by atoms with Crippen molar-refractivity contribution in [1.82, 2.24) is 24.4 Å². The molecule has 0 aromatic carbocycles. The maximum absolute atomic E-state index is 13.0. The molecule has 0 saturated heterocycles. The third-order valence-corrected chi connectivity index (χ3v) is 4.60. The highest BCUT2D eigenvalue weighted by atomic mass is 16.5. The number of nitrogens with zero attached hydrogens (tertiary/aromatic N) is 5. The lowest BCUT2D eigenvalue weighted by Gasteiger charge is -2.24. The zero-order valence-electron chi connectivity index (χ0n) is 15.2. The van der Waals surface area contributed by atoms with Crippen LogP contribution in [0.2, 0.25) is 0 Å². The number of rotatable bonds is 4. The Hall–Kier alpha value is -3.06. The molecule has 4 heterocycles. The summed E-state index contributed by atoms with van der Waals surface area (Å²) < 4.78 is 8.26. The summed E-state index contributed by atoms with van der Waals surface area (Å²) in [4.78, 5) is 27.3. The molecule has 0 bridgehead atoms. The van der Waals surface area contributed by atoms with Crippen molar-refractivity contribution in [2.45, 2.75) is 32.7 Å². The lowest BCUT2D eigenvalue weighted by Crippen LogP contribution is -2.37. The van der Waals surface area contributed by atoms with E-state index in [9.17, 15) is 4.79 Å². The molecular formula is C20H21N5O2. The first-order chi connectivity index (χ1) is 13.2. The van der Waals surface area contributed by atoms with E-state index in [1.54, 1.807) is 23.5 Å². The van der Waals surface area contributed by atoms with E-state index in [1.165, 1.54) is 6.20 Å². The quantitative estimate of drug-likeness (QED) is 0.711. The minimum atomic E-state index is -0.132. The van der Waals surface area contributed by atoms with Crippen LogP contribution in [0.15, 0.2) is 55.2 Å². The number of pyridine rings is 1. The van der Waals surface area contributed by atoms with Crippen LogP contribution >= 0.6 is 0 Å². The van der Waals surface area contributed by atoms with E-state index in [0.717, 1.165) is 17.0 Å². The Labute approximate surface area is 157 Å². The Morgan fingerprint density at radius 1 is 1.19 bits per heavy atom. The van der Waals surface area contributed by atoms with Gasteiger partial charge in [-0.2, -0.15) is 0 Å². The Morgan fingerprint density at radius 2 is 2.11 bits per heavy atom. The molecule has 0 aliphatic carbocycles. The minimum Gasteiger partial charge on any atom is -0.370 e. The molecule has 3 aromatic rings. The molecule has 7 heteroatoms. The average Bonchev–Trinajstić information content (AvgIpc) is 3.05. The monoisotopic (exact) mass is 363 g/mol. The van der Waals surface area contributed by atoms with Crippen LogP contribution in [-0.4, -0.2) is 43.0 Å². The van der Waals surface area contributed by atoms with Crippen LogP contribution in [0.3, 0.4) is 0 Å². The van der Waals surface area contributed by atoms with Crippen molar-refractivity contribution in [2.24, 2.45) is 0 Å². The molecule has 27 heavy (non-hydrogen) atoms. The van der Waals surface area contributed by atoms with Crippen molar-refractivity contribution in [3.63, 3.8) is 0 Å². The summed E-state index contributed by atoms with van der Waals surface area (Å²) in [6.45, 7) is 4.03. The molecule has 138 valence electrons. The number of aromatic nitrogens is 4. The zero-order valence-corrected chi connectivity index (χ0v) is 15.2. The van der Waals surface area contributed by atoms with Gasteiger partial charge in [-0.3, -0.25) is 14.8 Å². The Balaban J connectivity index is 1.53. The van der Waals surface area contributed by atoms with E-state index in [4.69, 9.17) is 4.74 Å². The molecule has 1 amide bonds. The van der Waals surface area contributed by atoms with Crippen LogP contribution in [0.25, 0.3) is 0 Å². The Bertz CT molecular complexity index is 908. The van der Waals surface area contributed by atoms with Gasteiger partial charge >= 0.3 is 0 Å². The van der Waals surface area contributed by atoms with Crippen molar-refractivity contribution in [3.05, 3.63) is 77.9 Å². The van der Waals surface area contributed by atoms with Gasteiger partial charge in [-0.25, -0.2) is 4.98 Å². The van der Waals surface area contributed by atoms with Crippen LogP contribution in [0, 0.1) is 6.92 Å². The summed E-state index contributed by atoms with van der Waals surface area (Å²) in [6, 6.07) is 7.90.